The third kappa shape index (κ3) is 4.54. The van der Waals surface area contributed by atoms with E-state index in [0.717, 1.165) is 32.1 Å². The minimum atomic E-state index is -5.66. The molecule has 0 unspecified atom stereocenters. The molecule has 10 heteroatoms. The van der Waals surface area contributed by atoms with Gasteiger partial charge in [-0.15, -0.1) is 0 Å². The molecular formula is C26H38F2O7S. The third-order valence-electron chi connectivity index (χ3n) is 10.7. The molecule has 0 aromatic heterocycles. The molecule has 0 heterocycles. The van der Waals surface area contributed by atoms with Crippen molar-refractivity contribution < 1.29 is 40.9 Å². The van der Waals surface area contributed by atoms with Crippen molar-refractivity contribution in [3.8, 4) is 0 Å². The van der Waals surface area contributed by atoms with E-state index in [4.69, 9.17) is 4.55 Å². The Bertz CT molecular complexity index is 1030. The number of halogens is 2. The van der Waals surface area contributed by atoms with Gasteiger partial charge < -0.3 is 4.74 Å². The van der Waals surface area contributed by atoms with Crippen LogP contribution < -0.4 is 0 Å². The summed E-state index contributed by atoms with van der Waals surface area (Å²) in [4.78, 5) is 37.9. The van der Waals surface area contributed by atoms with E-state index in [1.165, 1.54) is 0 Å². The molecule has 0 radical (unpaired) electrons. The van der Waals surface area contributed by atoms with Crippen molar-refractivity contribution in [3.63, 3.8) is 0 Å². The van der Waals surface area contributed by atoms with E-state index < -0.39 is 33.4 Å². The molecule has 4 aliphatic carbocycles. The lowest BCUT2D eigenvalue weighted by Gasteiger charge is -2.59. The Kier molecular flexibility index (Phi) is 7.21. The lowest BCUT2D eigenvalue weighted by atomic mass is 9.44. The maximum Gasteiger partial charge on any atom is 0.402 e. The number of ether oxygens (including phenoxy) is 1. The summed E-state index contributed by atoms with van der Waals surface area (Å²) in [6, 6.07) is 0. The second kappa shape index (κ2) is 9.40. The fraction of sp³-hybridized carbons (Fsp3) is 0.885. The van der Waals surface area contributed by atoms with Crippen LogP contribution in [0.2, 0.25) is 0 Å². The average Bonchev–Trinajstić information content (AvgIpc) is 3.15. The molecule has 4 saturated carbocycles. The quantitative estimate of drug-likeness (QED) is 0.369. The summed E-state index contributed by atoms with van der Waals surface area (Å²) in [5.41, 5.74) is -0.457. The monoisotopic (exact) mass is 532 g/mol. The third-order valence-corrected chi connectivity index (χ3v) is 11.6. The lowest BCUT2D eigenvalue weighted by molar-refractivity contribution is -0.159. The Morgan fingerprint density at radius 2 is 1.83 bits per heavy atom. The largest absolute Gasteiger partial charge is 0.458 e. The molecule has 36 heavy (non-hydrogen) atoms. The first-order valence-electron chi connectivity index (χ1n) is 13.2. The van der Waals surface area contributed by atoms with E-state index in [-0.39, 0.29) is 35.4 Å². The molecule has 0 aliphatic heterocycles. The number of hydrogen-bond donors (Lipinski definition) is 1. The van der Waals surface area contributed by atoms with Gasteiger partial charge in [-0.05, 0) is 79.4 Å². The number of esters is 1. The Morgan fingerprint density at radius 1 is 1.14 bits per heavy atom. The van der Waals surface area contributed by atoms with Gasteiger partial charge in [0.1, 0.15) is 11.6 Å². The number of carbonyl (C=O) groups is 3. The molecule has 4 aliphatic rings. The first-order chi connectivity index (χ1) is 16.6. The van der Waals surface area contributed by atoms with E-state index in [1.807, 2.05) is 6.92 Å². The highest BCUT2D eigenvalue weighted by molar-refractivity contribution is 7.86. The smallest absolute Gasteiger partial charge is 0.402 e. The standard InChI is InChI=1S/C26H38F2O7S/c1-15(4-9-23(31)35-14-26(27,28)36(32,33)34)19-7-8-20-18-6-5-16-12-17(29)10-11-24(16,2)21(18)13-22(30)25(19,20)3/h15-16,18-21H,4-14H2,1-3H3,(H,32,33,34)/t15-,16-,18+,19-,20+,21+,24+,25-/m1/s1. The molecule has 0 amide bonds. The molecule has 1 N–H and O–H groups in total. The first kappa shape index (κ1) is 27.6. The molecule has 0 saturated heterocycles. The van der Waals surface area contributed by atoms with Gasteiger partial charge in [-0.2, -0.15) is 17.2 Å². The van der Waals surface area contributed by atoms with Crippen molar-refractivity contribution in [2.24, 2.45) is 46.3 Å². The number of carbonyl (C=O) groups excluding carboxylic acids is 3. The Balaban J connectivity index is 1.40. The summed E-state index contributed by atoms with van der Waals surface area (Å²) in [6.45, 7) is 4.62. The molecular weight excluding hydrogens is 494 g/mol. The predicted molar refractivity (Wildman–Crippen MR) is 126 cm³/mol. The van der Waals surface area contributed by atoms with E-state index in [1.54, 1.807) is 0 Å². The predicted octanol–water partition coefficient (Wildman–Crippen LogP) is 4.83. The molecule has 8 atom stereocenters. The van der Waals surface area contributed by atoms with E-state index in [0.29, 0.717) is 49.2 Å². The zero-order valence-electron chi connectivity index (χ0n) is 21.3. The van der Waals surface area contributed by atoms with Crippen molar-refractivity contribution >= 4 is 27.7 Å². The number of fused-ring (bicyclic) bond motifs is 5. The highest BCUT2D eigenvalue weighted by atomic mass is 32.2. The summed E-state index contributed by atoms with van der Waals surface area (Å²) in [5, 5.41) is -4.55. The van der Waals surface area contributed by atoms with Crippen LogP contribution in [0.25, 0.3) is 0 Å². The van der Waals surface area contributed by atoms with Crippen LogP contribution >= 0.6 is 0 Å². The minimum absolute atomic E-state index is 0.0191. The molecule has 0 spiro atoms. The Morgan fingerprint density at radius 3 is 2.50 bits per heavy atom. The fourth-order valence-electron chi connectivity index (χ4n) is 8.55. The molecule has 7 nitrogen and oxygen atoms in total. The molecule has 0 bridgehead atoms. The van der Waals surface area contributed by atoms with Crippen LogP contribution in [-0.4, -0.2) is 42.4 Å². The van der Waals surface area contributed by atoms with Crippen molar-refractivity contribution in [3.05, 3.63) is 0 Å². The summed E-state index contributed by atoms with van der Waals surface area (Å²) < 4.78 is 61.0. The van der Waals surface area contributed by atoms with Gasteiger partial charge in [-0.1, -0.05) is 20.8 Å². The van der Waals surface area contributed by atoms with Gasteiger partial charge in [0.15, 0.2) is 6.61 Å². The van der Waals surface area contributed by atoms with Gasteiger partial charge >= 0.3 is 21.3 Å². The minimum Gasteiger partial charge on any atom is -0.458 e. The van der Waals surface area contributed by atoms with Gasteiger partial charge in [-0.3, -0.25) is 18.9 Å². The highest BCUT2D eigenvalue weighted by Crippen LogP contribution is 2.67. The van der Waals surface area contributed by atoms with Crippen LogP contribution in [0.3, 0.4) is 0 Å². The summed E-state index contributed by atoms with van der Waals surface area (Å²) in [6.07, 6.45) is 6.71. The maximum atomic E-state index is 13.8. The van der Waals surface area contributed by atoms with Gasteiger partial charge in [-0.25, -0.2) is 0 Å². The van der Waals surface area contributed by atoms with E-state index in [2.05, 4.69) is 18.6 Å². The van der Waals surface area contributed by atoms with Crippen LogP contribution in [0.5, 0.6) is 0 Å². The number of hydrogen-bond acceptors (Lipinski definition) is 6. The number of Topliss-reactive ketones (excluding diaryl/α,β-unsaturated/α-hetero) is 2. The SMILES string of the molecule is C[C@H](CCC(=O)OCC(F)(F)S(=O)(=O)O)[C@H]1CC[C@H]2[C@@H]3CC[C@@H]4CC(=O)CC[C@]4(C)[C@H]3CC(=O)[C@]12C. The summed E-state index contributed by atoms with van der Waals surface area (Å²) in [5.74, 6) is 1.11. The van der Waals surface area contributed by atoms with Crippen molar-refractivity contribution in [1.82, 2.24) is 0 Å². The van der Waals surface area contributed by atoms with Gasteiger partial charge in [0.05, 0.1) is 0 Å². The zero-order valence-corrected chi connectivity index (χ0v) is 22.1. The molecule has 0 aromatic rings. The van der Waals surface area contributed by atoms with Crippen LogP contribution in [0.1, 0.15) is 85.0 Å². The van der Waals surface area contributed by atoms with Gasteiger partial charge in [0.25, 0.3) is 0 Å². The molecule has 0 aromatic carbocycles. The molecule has 204 valence electrons. The fourth-order valence-corrected chi connectivity index (χ4v) is 8.76. The highest BCUT2D eigenvalue weighted by Gasteiger charge is 2.64. The first-order valence-corrected chi connectivity index (χ1v) is 14.6. The van der Waals surface area contributed by atoms with Crippen LogP contribution in [0.4, 0.5) is 8.78 Å². The second-order valence-corrected chi connectivity index (χ2v) is 13.8. The molecule has 4 rings (SSSR count). The Labute approximate surface area is 211 Å². The van der Waals surface area contributed by atoms with Gasteiger partial charge in [0.2, 0.25) is 0 Å². The summed E-state index contributed by atoms with van der Waals surface area (Å²) in [7, 11) is -5.66. The lowest BCUT2D eigenvalue weighted by Crippen LogP contribution is -2.57. The van der Waals surface area contributed by atoms with Crippen LogP contribution in [0, 0.1) is 46.3 Å². The topological polar surface area (TPSA) is 115 Å². The number of rotatable bonds is 7. The normalized spacial score (nSPS) is 39.7. The average molecular weight is 533 g/mol. The van der Waals surface area contributed by atoms with Crippen molar-refractivity contribution in [2.45, 2.75) is 90.2 Å². The number of alkyl halides is 2. The molecule has 4 fully saturated rings. The van der Waals surface area contributed by atoms with Crippen molar-refractivity contribution in [1.29, 1.82) is 0 Å². The van der Waals surface area contributed by atoms with Crippen molar-refractivity contribution in [2.75, 3.05) is 6.61 Å². The van der Waals surface area contributed by atoms with Crippen LogP contribution in [0.15, 0.2) is 0 Å². The second-order valence-electron chi connectivity index (χ2n) is 12.3. The summed E-state index contributed by atoms with van der Waals surface area (Å²) >= 11 is 0. The van der Waals surface area contributed by atoms with E-state index in [9.17, 15) is 31.6 Å². The van der Waals surface area contributed by atoms with Crippen LogP contribution in [-0.2, 0) is 29.2 Å². The Hall–Kier alpha value is -1.42. The zero-order chi connectivity index (χ0) is 26.7. The maximum absolute atomic E-state index is 13.8. The number of ketones is 2. The van der Waals surface area contributed by atoms with Gasteiger partial charge in [0, 0.05) is 31.1 Å². The van der Waals surface area contributed by atoms with E-state index >= 15 is 0 Å².